The number of alkyl halides is 1. The molecule has 1 amide bonds. The average molecular weight is 574 g/mol. The lowest BCUT2D eigenvalue weighted by Gasteiger charge is -2.20. The summed E-state index contributed by atoms with van der Waals surface area (Å²) < 4.78 is 52.2. The van der Waals surface area contributed by atoms with Gasteiger partial charge in [-0.25, -0.2) is 17.9 Å². The molecule has 2 unspecified atom stereocenters. The van der Waals surface area contributed by atoms with Gasteiger partial charge in [0.2, 0.25) is 15.9 Å². The van der Waals surface area contributed by atoms with Crippen molar-refractivity contribution in [2.24, 2.45) is 0 Å². The Morgan fingerprint density at radius 2 is 1.70 bits per heavy atom. The quantitative estimate of drug-likeness (QED) is 0.159. The van der Waals surface area contributed by atoms with Crippen LogP contribution in [0.25, 0.3) is 0 Å². The Balaban J connectivity index is 1.68. The molecule has 3 rings (SSSR count). The van der Waals surface area contributed by atoms with Crippen molar-refractivity contribution < 1.29 is 37.0 Å². The number of amides is 1. The number of nitrogens with one attached hydrogen (secondary N) is 2. The number of anilines is 1. The van der Waals surface area contributed by atoms with E-state index < -0.39 is 34.3 Å². The minimum atomic E-state index is -4.02. The number of hydrogen-bond acceptors (Lipinski definition) is 7. The zero-order valence-electron chi connectivity index (χ0n) is 21.9. The fourth-order valence-corrected chi connectivity index (χ4v) is 5.22. The van der Waals surface area contributed by atoms with Crippen LogP contribution in [0.2, 0.25) is 0 Å². The number of sulfonamides is 1. The van der Waals surface area contributed by atoms with Gasteiger partial charge in [0.1, 0.15) is 11.5 Å². The van der Waals surface area contributed by atoms with Gasteiger partial charge >= 0.3 is 12.3 Å². The second-order valence-corrected chi connectivity index (χ2v) is 10.6. The van der Waals surface area contributed by atoms with Gasteiger partial charge in [-0.15, -0.1) is 0 Å². The zero-order valence-corrected chi connectivity index (χ0v) is 22.7. The third-order valence-corrected chi connectivity index (χ3v) is 7.48. The van der Waals surface area contributed by atoms with Crippen LogP contribution in [-0.4, -0.2) is 45.4 Å². The van der Waals surface area contributed by atoms with E-state index in [1.54, 1.807) is 25.3 Å². The Bertz CT molecular complexity index is 1400. The van der Waals surface area contributed by atoms with Crippen molar-refractivity contribution in [1.29, 1.82) is 0 Å². The number of rotatable bonds is 15. The number of nitrogens with two attached hydrogens (primary N) is 1. The number of nitrogen functional groups attached to an aromatic ring is 1. The van der Waals surface area contributed by atoms with E-state index in [9.17, 15) is 22.4 Å². The molecule has 0 aliphatic carbocycles. The minimum Gasteiger partial charge on any atom is -0.496 e. The number of carbonyl (C=O) groups excluding carboxylic acids is 1. The summed E-state index contributed by atoms with van der Waals surface area (Å²) in [5.41, 5.74) is 7.18. The van der Waals surface area contributed by atoms with Crippen LogP contribution >= 0.6 is 0 Å². The number of hydrogen-bond donors (Lipinski definition) is 4. The lowest BCUT2D eigenvalue weighted by molar-refractivity contribution is -0.153. The maximum Gasteiger partial charge on any atom is 0.378 e. The minimum absolute atomic E-state index is 0.00593. The summed E-state index contributed by atoms with van der Waals surface area (Å²) in [7, 11) is -2.41. The smallest absolute Gasteiger partial charge is 0.378 e. The third-order valence-electron chi connectivity index (χ3n) is 5.99. The summed E-state index contributed by atoms with van der Waals surface area (Å²) in [4.78, 5) is 23.6. The van der Waals surface area contributed by atoms with Gasteiger partial charge in [-0.05, 0) is 60.7 Å². The number of halogens is 1. The number of carboxylic acid groups (broad SMARTS) is 1. The second-order valence-electron chi connectivity index (χ2n) is 8.88. The van der Waals surface area contributed by atoms with Crippen LogP contribution in [0.1, 0.15) is 36.4 Å². The van der Waals surface area contributed by atoms with Gasteiger partial charge in [-0.2, -0.15) is 4.39 Å². The van der Waals surface area contributed by atoms with E-state index in [1.165, 1.54) is 30.3 Å². The zero-order chi connectivity index (χ0) is 29.1. The first kappa shape index (κ1) is 30.4. The number of benzene rings is 3. The van der Waals surface area contributed by atoms with Crippen molar-refractivity contribution in [3.63, 3.8) is 0 Å². The highest BCUT2D eigenvalue weighted by Crippen LogP contribution is 2.29. The van der Waals surface area contributed by atoms with Crippen LogP contribution in [-0.2, 0) is 26.0 Å². The fraction of sp³-hybridized carbons (Fsp3) is 0.286. The van der Waals surface area contributed by atoms with Crippen LogP contribution < -0.4 is 25.2 Å². The van der Waals surface area contributed by atoms with Crippen molar-refractivity contribution in [1.82, 2.24) is 10.0 Å². The van der Waals surface area contributed by atoms with E-state index in [1.807, 2.05) is 24.3 Å². The van der Waals surface area contributed by atoms with Gasteiger partial charge in [-0.1, -0.05) is 42.5 Å². The number of unbranched alkanes of at least 4 members (excludes halogenated alkanes) is 1. The molecule has 40 heavy (non-hydrogen) atoms. The summed E-state index contributed by atoms with van der Waals surface area (Å²) in [5, 5.41) is 11.5. The molecular formula is C28H32FN3O7S. The van der Waals surface area contributed by atoms with Gasteiger partial charge in [0, 0.05) is 13.0 Å². The maximum atomic E-state index is 13.5. The molecule has 0 radical (unpaired) electrons. The molecule has 0 aliphatic rings. The van der Waals surface area contributed by atoms with Crippen LogP contribution in [0, 0.1) is 0 Å². The SMILES string of the molecule is COc1ccccc1CCCCNC(=O)CC(NS(=O)(=O)c1ccccc1)c1ccc(OC(F)C(=O)O)c(N)c1. The third kappa shape index (κ3) is 8.68. The van der Waals surface area contributed by atoms with Crippen molar-refractivity contribution >= 4 is 27.6 Å². The van der Waals surface area contributed by atoms with E-state index in [-0.39, 0.29) is 22.8 Å². The molecule has 0 aliphatic heterocycles. The summed E-state index contributed by atoms with van der Waals surface area (Å²) in [6.07, 6.45) is -0.617. The number of para-hydroxylation sites is 1. The van der Waals surface area contributed by atoms with Crippen molar-refractivity contribution in [3.05, 3.63) is 83.9 Å². The summed E-state index contributed by atoms with van der Waals surface area (Å²) in [6.45, 7) is 0.383. The number of aryl methyl sites for hydroxylation is 1. The van der Waals surface area contributed by atoms with E-state index >= 15 is 0 Å². The molecule has 3 aromatic carbocycles. The Morgan fingerprint density at radius 1 is 1.00 bits per heavy atom. The highest BCUT2D eigenvalue weighted by molar-refractivity contribution is 7.89. The largest absolute Gasteiger partial charge is 0.496 e. The summed E-state index contributed by atoms with van der Waals surface area (Å²) >= 11 is 0. The number of ether oxygens (including phenoxy) is 2. The average Bonchev–Trinajstić information content (AvgIpc) is 2.94. The Hall–Kier alpha value is -4.16. The standard InChI is InChI=1S/C28H32FN3O7S/c1-38-24-13-6-5-9-19(24)10-7-8-16-31-26(33)18-23(32-40(36,37)21-11-3-2-4-12-21)20-14-15-25(22(30)17-20)39-27(29)28(34)35/h2-6,9,11-15,17,23,27,32H,7-8,10,16,18,30H2,1H3,(H,31,33)(H,34,35). The number of methoxy groups -OCH3 is 1. The molecule has 10 nitrogen and oxygen atoms in total. The summed E-state index contributed by atoms with van der Waals surface area (Å²) in [5.74, 6) is -1.65. The highest BCUT2D eigenvalue weighted by Gasteiger charge is 2.25. The van der Waals surface area contributed by atoms with Crippen LogP contribution in [0.15, 0.2) is 77.7 Å². The van der Waals surface area contributed by atoms with E-state index in [2.05, 4.69) is 10.0 Å². The first-order valence-electron chi connectivity index (χ1n) is 12.5. The Labute approximate surface area is 232 Å². The topological polar surface area (TPSA) is 157 Å². The second kappa shape index (κ2) is 14.3. The maximum absolute atomic E-state index is 13.5. The molecule has 0 bridgehead atoms. The molecule has 0 heterocycles. The number of carbonyl (C=O) groups is 2. The molecule has 0 saturated carbocycles. The molecule has 0 saturated heterocycles. The number of aliphatic carboxylic acids is 1. The van der Waals surface area contributed by atoms with E-state index in [0.29, 0.717) is 18.5 Å². The van der Waals surface area contributed by atoms with Crippen LogP contribution in [0.5, 0.6) is 11.5 Å². The van der Waals surface area contributed by atoms with Gasteiger partial charge in [-0.3, -0.25) is 4.79 Å². The molecule has 5 N–H and O–H groups in total. The molecule has 12 heteroatoms. The first-order chi connectivity index (χ1) is 19.1. The molecule has 0 fully saturated rings. The lowest BCUT2D eigenvalue weighted by atomic mass is 10.0. The normalized spacial score (nSPS) is 12.8. The molecule has 214 valence electrons. The highest BCUT2D eigenvalue weighted by atomic mass is 32.2. The van der Waals surface area contributed by atoms with Crippen molar-refractivity contribution in [2.45, 2.75) is 43.0 Å². The van der Waals surface area contributed by atoms with Gasteiger partial charge < -0.3 is 25.6 Å². The van der Waals surface area contributed by atoms with Crippen molar-refractivity contribution in [2.75, 3.05) is 19.4 Å². The molecule has 3 aromatic rings. The Kier molecular flexibility index (Phi) is 10.9. The molecular weight excluding hydrogens is 541 g/mol. The number of carboxylic acids is 1. The summed E-state index contributed by atoms with van der Waals surface area (Å²) in [6, 6.07) is 18.2. The predicted molar refractivity (Wildman–Crippen MR) is 147 cm³/mol. The predicted octanol–water partition coefficient (Wildman–Crippen LogP) is 3.59. The van der Waals surface area contributed by atoms with E-state index in [0.717, 1.165) is 24.2 Å². The van der Waals surface area contributed by atoms with E-state index in [4.69, 9.17) is 20.3 Å². The Morgan fingerprint density at radius 3 is 2.38 bits per heavy atom. The fourth-order valence-electron chi connectivity index (χ4n) is 3.97. The molecule has 0 spiro atoms. The monoisotopic (exact) mass is 573 g/mol. The van der Waals surface area contributed by atoms with Crippen molar-refractivity contribution in [3.8, 4) is 11.5 Å². The first-order valence-corrected chi connectivity index (χ1v) is 14.0. The van der Waals surface area contributed by atoms with Crippen LogP contribution in [0.3, 0.4) is 0 Å². The van der Waals surface area contributed by atoms with Gasteiger partial charge in [0.15, 0.2) is 0 Å². The molecule has 2 atom stereocenters. The van der Waals surface area contributed by atoms with Gasteiger partial charge in [0.05, 0.1) is 23.7 Å². The van der Waals surface area contributed by atoms with Crippen LogP contribution in [0.4, 0.5) is 10.1 Å². The molecule has 0 aromatic heterocycles. The van der Waals surface area contributed by atoms with Gasteiger partial charge in [0.25, 0.3) is 0 Å². The lowest BCUT2D eigenvalue weighted by Crippen LogP contribution is -2.34.